The van der Waals surface area contributed by atoms with E-state index >= 15 is 0 Å². The summed E-state index contributed by atoms with van der Waals surface area (Å²) in [5.41, 5.74) is 6.56. The van der Waals surface area contributed by atoms with Crippen molar-refractivity contribution in [2.24, 2.45) is 17.6 Å². The van der Waals surface area contributed by atoms with Crippen LogP contribution in [0.1, 0.15) is 26.2 Å². The zero-order valence-corrected chi connectivity index (χ0v) is 16.1. The zero-order valence-electron chi connectivity index (χ0n) is 15.3. The molecular formula is C19H29ClN4O2. The van der Waals surface area contributed by atoms with Crippen LogP contribution in [0.25, 0.3) is 0 Å². The fourth-order valence-electron chi connectivity index (χ4n) is 3.91. The van der Waals surface area contributed by atoms with Gasteiger partial charge < -0.3 is 20.9 Å². The second-order valence-electron chi connectivity index (χ2n) is 7.23. The predicted molar refractivity (Wildman–Crippen MR) is 105 cm³/mol. The third-order valence-electron chi connectivity index (χ3n) is 5.43. The summed E-state index contributed by atoms with van der Waals surface area (Å²) in [5, 5.41) is 2.91. The van der Waals surface area contributed by atoms with Gasteiger partial charge in [0.05, 0.1) is 0 Å². The van der Waals surface area contributed by atoms with Crippen molar-refractivity contribution in [1.29, 1.82) is 0 Å². The molecule has 1 aromatic carbocycles. The average Bonchev–Trinajstić information content (AvgIpc) is 3.03. The predicted octanol–water partition coefficient (Wildman–Crippen LogP) is 2.55. The van der Waals surface area contributed by atoms with Gasteiger partial charge in [-0.05, 0) is 50.8 Å². The Labute approximate surface area is 161 Å². The fraction of sp³-hybridized carbons (Fsp3) is 0.579. The Morgan fingerprint density at radius 3 is 2.42 bits per heavy atom. The summed E-state index contributed by atoms with van der Waals surface area (Å²) in [6.45, 7) is 4.78. The van der Waals surface area contributed by atoms with Gasteiger partial charge in [0, 0.05) is 37.3 Å². The Morgan fingerprint density at radius 1 is 1.19 bits per heavy atom. The van der Waals surface area contributed by atoms with Gasteiger partial charge in [0.15, 0.2) is 0 Å². The van der Waals surface area contributed by atoms with Crippen LogP contribution in [0.5, 0.6) is 0 Å². The van der Waals surface area contributed by atoms with E-state index in [0.717, 1.165) is 31.5 Å². The van der Waals surface area contributed by atoms with E-state index in [1.54, 1.807) is 4.90 Å². The number of urea groups is 1. The van der Waals surface area contributed by atoms with Crippen LogP contribution in [-0.2, 0) is 4.79 Å². The second-order valence-corrected chi connectivity index (χ2v) is 7.23. The van der Waals surface area contributed by atoms with E-state index in [4.69, 9.17) is 5.73 Å². The first-order valence-corrected chi connectivity index (χ1v) is 9.20. The van der Waals surface area contributed by atoms with Crippen molar-refractivity contribution in [3.63, 3.8) is 0 Å². The Morgan fingerprint density at radius 2 is 1.85 bits per heavy atom. The Kier molecular flexibility index (Phi) is 7.29. The summed E-state index contributed by atoms with van der Waals surface area (Å²) < 4.78 is 0. The van der Waals surface area contributed by atoms with Gasteiger partial charge in [-0.3, -0.25) is 4.79 Å². The lowest BCUT2D eigenvalue weighted by molar-refractivity contribution is -0.137. The molecule has 2 fully saturated rings. The number of nitrogens with one attached hydrogen (secondary N) is 1. The number of hydrogen-bond acceptors (Lipinski definition) is 3. The molecule has 0 aromatic heterocycles. The number of carbonyl (C=O) groups excluding carboxylic acids is 2. The summed E-state index contributed by atoms with van der Waals surface area (Å²) in [5.74, 6) is 0.696. The first kappa shape index (κ1) is 20.5. The average molecular weight is 381 g/mol. The number of rotatable bonds is 3. The fourth-order valence-corrected chi connectivity index (χ4v) is 3.91. The standard InChI is InChI=1S/C19H28N4O2.ClH/c1-14-11-15(12-20)13-23(14)18(24)16-7-9-22(10-8-16)19(25)21-17-5-3-2-4-6-17;/h2-6,14-16H,7-13,20H2,1H3,(H,21,25);1H. The van der Waals surface area contributed by atoms with Crippen LogP contribution < -0.4 is 11.1 Å². The normalized spacial score (nSPS) is 23.5. The number of anilines is 1. The van der Waals surface area contributed by atoms with Crippen molar-refractivity contribution in [2.45, 2.75) is 32.2 Å². The molecule has 2 atom stereocenters. The molecule has 3 amide bonds. The van der Waals surface area contributed by atoms with Crippen LogP contribution in [-0.4, -0.2) is 54.0 Å². The quantitative estimate of drug-likeness (QED) is 0.845. The molecule has 0 spiro atoms. The number of amides is 3. The molecule has 3 rings (SSSR count). The van der Waals surface area contributed by atoms with Crippen molar-refractivity contribution in [3.05, 3.63) is 30.3 Å². The number of para-hydroxylation sites is 1. The minimum absolute atomic E-state index is 0. The molecule has 0 saturated carbocycles. The van der Waals surface area contributed by atoms with E-state index in [-0.39, 0.29) is 36.3 Å². The van der Waals surface area contributed by atoms with Crippen LogP contribution >= 0.6 is 12.4 Å². The maximum Gasteiger partial charge on any atom is 0.321 e. The van der Waals surface area contributed by atoms with Gasteiger partial charge in [-0.15, -0.1) is 12.4 Å². The third kappa shape index (κ3) is 4.68. The molecule has 7 heteroatoms. The zero-order chi connectivity index (χ0) is 17.8. The Hall–Kier alpha value is -1.79. The van der Waals surface area contributed by atoms with Gasteiger partial charge in [0.2, 0.25) is 5.91 Å². The smallest absolute Gasteiger partial charge is 0.321 e. The van der Waals surface area contributed by atoms with Crippen molar-refractivity contribution in [3.8, 4) is 0 Å². The van der Waals surface area contributed by atoms with Crippen molar-refractivity contribution in [1.82, 2.24) is 9.80 Å². The van der Waals surface area contributed by atoms with Crippen molar-refractivity contribution < 1.29 is 9.59 Å². The van der Waals surface area contributed by atoms with Crippen LogP contribution in [0.2, 0.25) is 0 Å². The van der Waals surface area contributed by atoms with Crippen LogP contribution in [0.4, 0.5) is 10.5 Å². The summed E-state index contributed by atoms with van der Waals surface area (Å²) in [6.07, 6.45) is 2.47. The van der Waals surface area contributed by atoms with Crippen LogP contribution in [0, 0.1) is 11.8 Å². The molecule has 0 radical (unpaired) electrons. The number of benzene rings is 1. The lowest BCUT2D eigenvalue weighted by Gasteiger charge is -2.34. The minimum atomic E-state index is -0.0881. The molecule has 6 nitrogen and oxygen atoms in total. The van der Waals surface area contributed by atoms with E-state index in [9.17, 15) is 9.59 Å². The minimum Gasteiger partial charge on any atom is -0.339 e. The maximum absolute atomic E-state index is 12.8. The number of halogens is 1. The summed E-state index contributed by atoms with van der Waals surface area (Å²) >= 11 is 0. The molecule has 0 bridgehead atoms. The van der Waals surface area contributed by atoms with E-state index in [0.29, 0.717) is 25.6 Å². The number of nitrogens with zero attached hydrogens (tertiary/aromatic N) is 2. The highest BCUT2D eigenvalue weighted by molar-refractivity contribution is 5.89. The Balaban J connectivity index is 0.00000243. The highest BCUT2D eigenvalue weighted by atomic mass is 35.5. The monoisotopic (exact) mass is 380 g/mol. The largest absolute Gasteiger partial charge is 0.339 e. The van der Waals surface area contributed by atoms with Gasteiger partial charge in [0.25, 0.3) is 0 Å². The first-order chi connectivity index (χ1) is 12.1. The van der Waals surface area contributed by atoms with Gasteiger partial charge in [-0.2, -0.15) is 0 Å². The molecule has 2 heterocycles. The van der Waals surface area contributed by atoms with E-state index in [1.807, 2.05) is 35.2 Å². The van der Waals surface area contributed by atoms with Gasteiger partial charge in [0.1, 0.15) is 0 Å². The third-order valence-corrected chi connectivity index (χ3v) is 5.43. The Bertz CT molecular complexity index is 605. The SMILES string of the molecule is CC1CC(CN)CN1C(=O)C1CCN(C(=O)Nc2ccccc2)CC1.Cl. The highest BCUT2D eigenvalue weighted by Crippen LogP contribution is 2.27. The highest BCUT2D eigenvalue weighted by Gasteiger charge is 2.36. The molecule has 2 unspecified atom stereocenters. The molecule has 1 aromatic rings. The van der Waals surface area contributed by atoms with Gasteiger partial charge >= 0.3 is 6.03 Å². The lowest BCUT2D eigenvalue weighted by Crippen LogP contribution is -2.46. The summed E-state index contributed by atoms with van der Waals surface area (Å²) in [7, 11) is 0. The van der Waals surface area contributed by atoms with Crippen molar-refractivity contribution >= 4 is 30.0 Å². The lowest BCUT2D eigenvalue weighted by atomic mass is 9.95. The van der Waals surface area contributed by atoms with E-state index < -0.39 is 0 Å². The number of hydrogen-bond donors (Lipinski definition) is 2. The first-order valence-electron chi connectivity index (χ1n) is 9.20. The molecule has 2 aliphatic rings. The molecule has 2 aliphatic heterocycles. The number of nitrogens with two attached hydrogens (primary N) is 1. The van der Waals surface area contributed by atoms with E-state index in [2.05, 4.69) is 12.2 Å². The summed E-state index contributed by atoms with van der Waals surface area (Å²) in [6, 6.07) is 9.64. The molecule has 0 aliphatic carbocycles. The molecule has 144 valence electrons. The maximum atomic E-state index is 12.8. The second kappa shape index (κ2) is 9.24. The van der Waals surface area contributed by atoms with E-state index in [1.165, 1.54) is 0 Å². The van der Waals surface area contributed by atoms with Gasteiger partial charge in [-0.1, -0.05) is 18.2 Å². The number of likely N-dealkylation sites (tertiary alicyclic amines) is 2. The molecule has 26 heavy (non-hydrogen) atoms. The van der Waals surface area contributed by atoms with Gasteiger partial charge in [-0.25, -0.2) is 4.79 Å². The molecule has 2 saturated heterocycles. The van der Waals surface area contributed by atoms with Crippen LogP contribution in [0.3, 0.4) is 0 Å². The topological polar surface area (TPSA) is 78.7 Å². The number of piperidine rings is 1. The molecular weight excluding hydrogens is 352 g/mol. The summed E-state index contributed by atoms with van der Waals surface area (Å²) in [4.78, 5) is 28.9. The van der Waals surface area contributed by atoms with Crippen molar-refractivity contribution in [2.75, 3.05) is 31.5 Å². The molecule has 3 N–H and O–H groups in total. The van der Waals surface area contributed by atoms with Crippen LogP contribution in [0.15, 0.2) is 30.3 Å². The number of carbonyl (C=O) groups is 2.